The van der Waals surface area contributed by atoms with Crippen molar-refractivity contribution in [2.45, 2.75) is 44.4 Å². The Morgan fingerprint density at radius 1 is 1.40 bits per heavy atom. The maximum absolute atomic E-state index is 8.87. The minimum absolute atomic E-state index is 0. The highest BCUT2D eigenvalue weighted by atomic mass is 35.5. The summed E-state index contributed by atoms with van der Waals surface area (Å²) in [5.74, 6) is 0. The quantitative estimate of drug-likeness (QED) is 0.646. The number of nitrogens with zero attached hydrogens (tertiary/aromatic N) is 1. The van der Waals surface area contributed by atoms with Crippen LogP contribution in [0.15, 0.2) is 0 Å². The fourth-order valence-corrected chi connectivity index (χ4v) is 1.50. The Bertz CT molecular complexity index is 131. The topological polar surface area (TPSA) is 69.7 Å². The molecule has 0 spiro atoms. The van der Waals surface area contributed by atoms with Gasteiger partial charge < -0.3 is 20.8 Å². The van der Waals surface area contributed by atoms with Crippen LogP contribution in [0.1, 0.15) is 26.2 Å². The Morgan fingerprint density at radius 2 is 1.93 bits per heavy atom. The average molecular weight is 241 g/mol. The van der Waals surface area contributed by atoms with Crippen LogP contribution in [0.2, 0.25) is 0 Å². The summed E-state index contributed by atoms with van der Waals surface area (Å²) in [5, 5.41) is 17.6. The summed E-state index contributed by atoms with van der Waals surface area (Å²) in [6.45, 7) is 2.53. The molecule has 94 valence electrons. The van der Waals surface area contributed by atoms with Crippen LogP contribution in [-0.4, -0.2) is 54.0 Å². The molecule has 1 rings (SSSR count). The molecule has 1 aliphatic rings. The SMILES string of the molecule is CC(O)CN(C)C.Cl.NC1CCCC1O. The Kier molecular flexibility index (Phi) is 10.9. The molecule has 3 atom stereocenters. The number of likely N-dealkylation sites (N-methyl/N-ethyl adjacent to an activating group) is 1. The summed E-state index contributed by atoms with van der Waals surface area (Å²) in [4.78, 5) is 1.95. The Morgan fingerprint density at radius 3 is 2.00 bits per heavy atom. The highest BCUT2D eigenvalue weighted by Crippen LogP contribution is 2.15. The van der Waals surface area contributed by atoms with Crippen LogP contribution >= 0.6 is 12.4 Å². The van der Waals surface area contributed by atoms with Crippen LogP contribution in [0.4, 0.5) is 0 Å². The Balaban J connectivity index is 0. The van der Waals surface area contributed by atoms with Gasteiger partial charge in [-0.05, 0) is 40.3 Å². The number of rotatable bonds is 2. The molecule has 1 saturated carbocycles. The van der Waals surface area contributed by atoms with Crippen molar-refractivity contribution in [3.8, 4) is 0 Å². The number of aliphatic hydroxyl groups excluding tert-OH is 2. The molecule has 0 amide bonds. The van der Waals surface area contributed by atoms with Gasteiger partial charge in [0, 0.05) is 12.6 Å². The summed E-state index contributed by atoms with van der Waals surface area (Å²) in [5.41, 5.74) is 5.43. The molecule has 0 saturated heterocycles. The first-order chi connectivity index (χ1) is 6.43. The van der Waals surface area contributed by atoms with Crippen molar-refractivity contribution in [3.05, 3.63) is 0 Å². The van der Waals surface area contributed by atoms with E-state index >= 15 is 0 Å². The number of nitrogens with two attached hydrogens (primary N) is 1. The first-order valence-corrected chi connectivity index (χ1v) is 5.20. The molecular formula is C10H25ClN2O2. The second-order valence-electron chi connectivity index (χ2n) is 4.27. The van der Waals surface area contributed by atoms with Crippen molar-refractivity contribution in [1.82, 2.24) is 4.90 Å². The van der Waals surface area contributed by atoms with Crippen LogP contribution in [-0.2, 0) is 0 Å². The van der Waals surface area contributed by atoms with Crippen LogP contribution in [0.25, 0.3) is 0 Å². The molecule has 4 nitrogen and oxygen atoms in total. The van der Waals surface area contributed by atoms with E-state index in [1.165, 1.54) is 0 Å². The van der Waals surface area contributed by atoms with E-state index in [0.29, 0.717) is 0 Å². The van der Waals surface area contributed by atoms with Crippen LogP contribution in [0.3, 0.4) is 0 Å². The molecule has 4 N–H and O–H groups in total. The monoisotopic (exact) mass is 240 g/mol. The van der Waals surface area contributed by atoms with Crippen molar-refractivity contribution in [2.75, 3.05) is 20.6 Å². The molecule has 0 radical (unpaired) electrons. The van der Waals surface area contributed by atoms with Crippen molar-refractivity contribution in [1.29, 1.82) is 0 Å². The second kappa shape index (κ2) is 9.36. The standard InChI is InChI=1S/C5H11NO.C5H13NO.ClH/c6-4-2-1-3-5(4)7;1-5(7)4-6(2)3;/h4-5,7H,1-3,6H2;5,7H,4H2,1-3H3;1H. The van der Waals surface area contributed by atoms with E-state index in [4.69, 9.17) is 15.9 Å². The van der Waals surface area contributed by atoms with Gasteiger partial charge in [0.25, 0.3) is 0 Å². The van der Waals surface area contributed by atoms with Gasteiger partial charge in [0.05, 0.1) is 12.2 Å². The van der Waals surface area contributed by atoms with Crippen LogP contribution in [0, 0.1) is 0 Å². The van der Waals surface area contributed by atoms with Gasteiger partial charge in [-0.25, -0.2) is 0 Å². The molecule has 0 aromatic heterocycles. The number of hydrogen-bond donors (Lipinski definition) is 3. The van der Waals surface area contributed by atoms with Crippen molar-refractivity contribution < 1.29 is 10.2 Å². The largest absolute Gasteiger partial charge is 0.392 e. The summed E-state index contributed by atoms with van der Waals surface area (Å²) in [6.07, 6.45) is 2.60. The van der Waals surface area contributed by atoms with E-state index in [0.717, 1.165) is 25.8 Å². The van der Waals surface area contributed by atoms with E-state index in [2.05, 4.69) is 0 Å². The zero-order valence-corrected chi connectivity index (χ0v) is 10.7. The van der Waals surface area contributed by atoms with Crippen molar-refractivity contribution >= 4 is 12.4 Å². The maximum atomic E-state index is 8.87. The molecule has 0 aliphatic heterocycles. The molecule has 0 heterocycles. The third kappa shape index (κ3) is 10.4. The minimum atomic E-state index is -0.208. The zero-order chi connectivity index (χ0) is 11.1. The van der Waals surface area contributed by atoms with Gasteiger partial charge in [0.2, 0.25) is 0 Å². The lowest BCUT2D eigenvalue weighted by Crippen LogP contribution is -2.28. The predicted octanol–water partition coefficient (Wildman–Crippen LogP) is 0.209. The average Bonchev–Trinajstić information content (AvgIpc) is 2.34. The van der Waals surface area contributed by atoms with E-state index in [9.17, 15) is 0 Å². The zero-order valence-electron chi connectivity index (χ0n) is 9.89. The highest BCUT2D eigenvalue weighted by Gasteiger charge is 2.20. The van der Waals surface area contributed by atoms with Gasteiger partial charge in [0.15, 0.2) is 0 Å². The summed E-state index contributed by atoms with van der Waals surface area (Å²) in [7, 11) is 3.87. The first-order valence-electron chi connectivity index (χ1n) is 5.20. The van der Waals surface area contributed by atoms with Gasteiger partial charge >= 0.3 is 0 Å². The van der Waals surface area contributed by atoms with Gasteiger partial charge in [-0.2, -0.15) is 0 Å². The summed E-state index contributed by atoms with van der Waals surface area (Å²) < 4.78 is 0. The van der Waals surface area contributed by atoms with Crippen molar-refractivity contribution in [3.63, 3.8) is 0 Å². The lowest BCUT2D eigenvalue weighted by atomic mass is 10.2. The third-order valence-corrected chi connectivity index (χ3v) is 2.16. The van der Waals surface area contributed by atoms with Gasteiger partial charge in [0.1, 0.15) is 0 Å². The molecule has 0 aromatic carbocycles. The fourth-order valence-electron chi connectivity index (χ4n) is 1.50. The number of hydrogen-bond acceptors (Lipinski definition) is 4. The number of aliphatic hydroxyl groups is 2. The van der Waals surface area contributed by atoms with Crippen molar-refractivity contribution in [2.24, 2.45) is 5.73 Å². The smallest absolute Gasteiger partial charge is 0.0691 e. The van der Waals surface area contributed by atoms with Crippen LogP contribution < -0.4 is 5.73 Å². The molecule has 0 aromatic rings. The molecule has 0 bridgehead atoms. The fraction of sp³-hybridized carbons (Fsp3) is 1.00. The number of halogens is 1. The normalized spacial score (nSPS) is 26.6. The molecule has 3 unspecified atom stereocenters. The summed E-state index contributed by atoms with van der Waals surface area (Å²) in [6, 6.07) is 0.0694. The lowest BCUT2D eigenvalue weighted by molar-refractivity contribution is 0.154. The Hall–Kier alpha value is 0.130. The van der Waals surface area contributed by atoms with E-state index in [1.54, 1.807) is 6.92 Å². The van der Waals surface area contributed by atoms with Gasteiger partial charge in [-0.15, -0.1) is 12.4 Å². The van der Waals surface area contributed by atoms with Gasteiger partial charge in [-0.1, -0.05) is 0 Å². The van der Waals surface area contributed by atoms with E-state index in [1.807, 2.05) is 19.0 Å². The molecule has 15 heavy (non-hydrogen) atoms. The summed E-state index contributed by atoms with van der Waals surface area (Å²) >= 11 is 0. The maximum Gasteiger partial charge on any atom is 0.0691 e. The lowest BCUT2D eigenvalue weighted by Gasteiger charge is -2.10. The Labute approximate surface area is 98.9 Å². The molecular weight excluding hydrogens is 216 g/mol. The van der Waals surface area contributed by atoms with E-state index < -0.39 is 0 Å². The first kappa shape index (κ1) is 17.5. The minimum Gasteiger partial charge on any atom is -0.392 e. The molecule has 1 aliphatic carbocycles. The predicted molar refractivity (Wildman–Crippen MR) is 65.3 cm³/mol. The molecule has 1 fully saturated rings. The second-order valence-corrected chi connectivity index (χ2v) is 4.27. The van der Waals surface area contributed by atoms with E-state index in [-0.39, 0.29) is 30.7 Å². The third-order valence-electron chi connectivity index (χ3n) is 2.16. The van der Waals surface area contributed by atoms with Gasteiger partial charge in [-0.3, -0.25) is 0 Å². The van der Waals surface area contributed by atoms with Crippen LogP contribution in [0.5, 0.6) is 0 Å². The highest BCUT2D eigenvalue weighted by molar-refractivity contribution is 5.85. The molecule has 5 heteroatoms.